The molecule has 39 heavy (non-hydrogen) atoms. The lowest BCUT2D eigenvalue weighted by atomic mass is 9.66. The zero-order chi connectivity index (χ0) is 28.0. The second-order valence-corrected chi connectivity index (χ2v) is 14.2. The number of hydrogen-bond donors (Lipinski definition) is 1. The number of piperidine rings is 1. The summed E-state index contributed by atoms with van der Waals surface area (Å²) in [7, 11) is 0. The summed E-state index contributed by atoms with van der Waals surface area (Å²) in [6, 6.07) is 1.58. The highest BCUT2D eigenvalue weighted by Crippen LogP contribution is 2.45. The highest BCUT2D eigenvalue weighted by Gasteiger charge is 2.38. The monoisotopic (exact) mass is 547 g/mol. The van der Waals surface area contributed by atoms with Gasteiger partial charge in [-0.1, -0.05) is 130 Å². The smallest absolute Gasteiger partial charge is 0.00700 e. The number of rotatable bonds is 24. The third-order valence-corrected chi connectivity index (χ3v) is 10.7. The Balaban J connectivity index is 1.73. The number of unbranched alkanes of at least 4 members (excludes halogenated alkanes) is 12. The quantitative estimate of drug-likeness (QED) is 0.121. The van der Waals surface area contributed by atoms with E-state index < -0.39 is 0 Å². The molecule has 0 aromatic carbocycles. The average molecular weight is 547 g/mol. The number of nitrogens with one attached hydrogen (secondary N) is 1. The SMILES string of the molecule is CCCCCCCC(CCCCCCC)CN1CCC2(CCC(NC(CCCCC)CCCCC)CC2)CC1. The summed E-state index contributed by atoms with van der Waals surface area (Å²) in [5, 5.41) is 4.18. The third-order valence-electron chi connectivity index (χ3n) is 10.7. The Labute approximate surface area is 247 Å². The van der Waals surface area contributed by atoms with Gasteiger partial charge in [0, 0.05) is 18.6 Å². The highest BCUT2D eigenvalue weighted by molar-refractivity contribution is 4.93. The average Bonchev–Trinajstić information content (AvgIpc) is 2.95. The van der Waals surface area contributed by atoms with Crippen LogP contribution in [0.1, 0.15) is 195 Å². The summed E-state index contributed by atoms with van der Waals surface area (Å²) in [6.45, 7) is 13.5. The van der Waals surface area contributed by atoms with E-state index in [0.29, 0.717) is 5.41 Å². The van der Waals surface area contributed by atoms with Gasteiger partial charge in [0.1, 0.15) is 0 Å². The van der Waals surface area contributed by atoms with Gasteiger partial charge in [-0.2, -0.15) is 0 Å². The van der Waals surface area contributed by atoms with Crippen LogP contribution in [0.2, 0.25) is 0 Å². The lowest BCUT2D eigenvalue weighted by molar-refractivity contribution is 0.0479. The standard InChI is InChI=1S/C37H74N2/c1-5-9-13-15-19-21-34(22-20-16-14-10-6-2)33-39-31-29-37(30-32-39)27-25-36(26-28-37)38-35(23-17-11-7-3)24-18-12-8-4/h34-36,38H,5-33H2,1-4H3. The number of likely N-dealkylation sites (tertiary alicyclic amines) is 1. The molecule has 0 amide bonds. The van der Waals surface area contributed by atoms with Gasteiger partial charge in [0.2, 0.25) is 0 Å². The topological polar surface area (TPSA) is 15.3 Å². The van der Waals surface area contributed by atoms with Crippen LogP contribution in [0, 0.1) is 11.3 Å². The molecular weight excluding hydrogens is 472 g/mol. The van der Waals surface area contributed by atoms with Crippen molar-refractivity contribution >= 4 is 0 Å². The van der Waals surface area contributed by atoms with Crippen LogP contribution in [0.5, 0.6) is 0 Å². The van der Waals surface area contributed by atoms with E-state index in [4.69, 9.17) is 0 Å². The Hall–Kier alpha value is -0.0800. The molecule has 0 radical (unpaired) electrons. The largest absolute Gasteiger partial charge is 0.311 e. The second kappa shape index (κ2) is 22.5. The summed E-state index contributed by atoms with van der Waals surface area (Å²) in [5.74, 6) is 0.958. The van der Waals surface area contributed by atoms with E-state index in [2.05, 4.69) is 37.9 Å². The van der Waals surface area contributed by atoms with E-state index in [1.165, 1.54) is 187 Å². The second-order valence-electron chi connectivity index (χ2n) is 14.2. The van der Waals surface area contributed by atoms with Gasteiger partial charge in [-0.05, 0) is 88.6 Å². The van der Waals surface area contributed by atoms with Crippen LogP contribution in [0.15, 0.2) is 0 Å². The maximum atomic E-state index is 4.18. The normalized spacial score (nSPS) is 18.6. The summed E-state index contributed by atoms with van der Waals surface area (Å²) < 4.78 is 0. The summed E-state index contributed by atoms with van der Waals surface area (Å²) in [6.07, 6.45) is 37.4. The minimum Gasteiger partial charge on any atom is -0.311 e. The predicted octanol–water partition coefficient (Wildman–Crippen LogP) is 11.5. The molecule has 2 fully saturated rings. The van der Waals surface area contributed by atoms with Crippen molar-refractivity contribution in [3.05, 3.63) is 0 Å². The van der Waals surface area contributed by atoms with E-state index in [1.807, 2.05) is 0 Å². The first-order valence-electron chi connectivity index (χ1n) is 18.6. The molecule has 1 saturated heterocycles. The van der Waals surface area contributed by atoms with Gasteiger partial charge in [0.05, 0.1) is 0 Å². The van der Waals surface area contributed by atoms with Gasteiger partial charge in [-0.3, -0.25) is 0 Å². The van der Waals surface area contributed by atoms with Crippen LogP contribution in [-0.4, -0.2) is 36.6 Å². The van der Waals surface area contributed by atoms with Crippen LogP contribution < -0.4 is 5.32 Å². The fraction of sp³-hybridized carbons (Fsp3) is 1.00. The molecule has 1 spiro atoms. The maximum absolute atomic E-state index is 4.18. The van der Waals surface area contributed by atoms with E-state index >= 15 is 0 Å². The molecule has 2 heteroatoms. The van der Waals surface area contributed by atoms with Gasteiger partial charge in [-0.15, -0.1) is 0 Å². The first-order chi connectivity index (χ1) is 19.1. The molecule has 1 N–H and O–H groups in total. The molecule has 2 aliphatic rings. The molecule has 1 heterocycles. The van der Waals surface area contributed by atoms with Gasteiger partial charge in [0.15, 0.2) is 0 Å². The third kappa shape index (κ3) is 15.6. The van der Waals surface area contributed by atoms with Crippen LogP contribution in [0.25, 0.3) is 0 Å². The first kappa shape index (κ1) is 35.1. The van der Waals surface area contributed by atoms with Crippen molar-refractivity contribution in [3.63, 3.8) is 0 Å². The molecule has 232 valence electrons. The van der Waals surface area contributed by atoms with E-state index in [1.54, 1.807) is 0 Å². The Bertz CT molecular complexity index is 504. The minimum absolute atomic E-state index is 0.685. The van der Waals surface area contributed by atoms with Crippen molar-refractivity contribution in [2.45, 2.75) is 207 Å². The molecule has 1 aliphatic carbocycles. The maximum Gasteiger partial charge on any atom is 0.00700 e. The Morgan fingerprint density at radius 2 is 1.00 bits per heavy atom. The molecule has 0 bridgehead atoms. The van der Waals surface area contributed by atoms with Gasteiger partial charge >= 0.3 is 0 Å². The molecule has 0 aromatic heterocycles. The number of hydrogen-bond acceptors (Lipinski definition) is 2. The van der Waals surface area contributed by atoms with Crippen molar-refractivity contribution in [2.24, 2.45) is 11.3 Å². The van der Waals surface area contributed by atoms with Crippen LogP contribution >= 0.6 is 0 Å². The Kier molecular flexibility index (Phi) is 20.3. The van der Waals surface area contributed by atoms with Crippen LogP contribution in [0.4, 0.5) is 0 Å². The van der Waals surface area contributed by atoms with E-state index in [9.17, 15) is 0 Å². The Morgan fingerprint density at radius 1 is 0.564 bits per heavy atom. The molecular formula is C37H74N2. The highest BCUT2D eigenvalue weighted by atomic mass is 15.1. The van der Waals surface area contributed by atoms with E-state index in [-0.39, 0.29) is 0 Å². The van der Waals surface area contributed by atoms with Crippen molar-refractivity contribution < 1.29 is 0 Å². The summed E-state index contributed by atoms with van der Waals surface area (Å²) >= 11 is 0. The fourth-order valence-corrected chi connectivity index (χ4v) is 7.80. The predicted molar refractivity (Wildman–Crippen MR) is 176 cm³/mol. The number of nitrogens with zero attached hydrogens (tertiary/aromatic N) is 1. The van der Waals surface area contributed by atoms with Crippen molar-refractivity contribution in [1.82, 2.24) is 10.2 Å². The summed E-state index contributed by atoms with van der Waals surface area (Å²) in [5.41, 5.74) is 0.685. The molecule has 2 rings (SSSR count). The molecule has 0 aromatic rings. The van der Waals surface area contributed by atoms with Crippen molar-refractivity contribution in [3.8, 4) is 0 Å². The van der Waals surface area contributed by atoms with E-state index in [0.717, 1.165) is 18.0 Å². The summed E-state index contributed by atoms with van der Waals surface area (Å²) in [4.78, 5) is 2.90. The van der Waals surface area contributed by atoms with Gasteiger partial charge in [0.25, 0.3) is 0 Å². The molecule has 1 saturated carbocycles. The van der Waals surface area contributed by atoms with Crippen LogP contribution in [0.3, 0.4) is 0 Å². The first-order valence-corrected chi connectivity index (χ1v) is 18.6. The van der Waals surface area contributed by atoms with Gasteiger partial charge < -0.3 is 10.2 Å². The lowest BCUT2D eigenvalue weighted by Crippen LogP contribution is -2.47. The van der Waals surface area contributed by atoms with Gasteiger partial charge in [-0.25, -0.2) is 0 Å². The van der Waals surface area contributed by atoms with Crippen LogP contribution in [-0.2, 0) is 0 Å². The fourth-order valence-electron chi connectivity index (χ4n) is 7.80. The Morgan fingerprint density at radius 3 is 1.49 bits per heavy atom. The zero-order valence-electron chi connectivity index (χ0n) is 27.7. The molecule has 0 atom stereocenters. The van der Waals surface area contributed by atoms with Crippen molar-refractivity contribution in [1.29, 1.82) is 0 Å². The molecule has 0 unspecified atom stereocenters. The minimum atomic E-state index is 0.685. The molecule has 1 aliphatic heterocycles. The lowest BCUT2D eigenvalue weighted by Gasteiger charge is -2.47. The zero-order valence-corrected chi connectivity index (χ0v) is 27.7. The molecule has 2 nitrogen and oxygen atoms in total. The van der Waals surface area contributed by atoms with Crippen molar-refractivity contribution in [2.75, 3.05) is 19.6 Å².